The van der Waals surface area contributed by atoms with E-state index in [2.05, 4.69) is 6.07 Å². The fourth-order valence-corrected chi connectivity index (χ4v) is 6.29. The zero-order chi connectivity index (χ0) is 31.2. The summed E-state index contributed by atoms with van der Waals surface area (Å²) < 4.78 is 6.11. The van der Waals surface area contributed by atoms with E-state index in [1.807, 2.05) is 71.0 Å². The number of hydrogen-bond donors (Lipinski definition) is 1. The molecule has 5 rings (SSSR count). The maximum absolute atomic E-state index is 14.0. The third-order valence-corrected chi connectivity index (χ3v) is 8.51. The van der Waals surface area contributed by atoms with Crippen molar-refractivity contribution in [3.8, 4) is 11.8 Å². The highest BCUT2D eigenvalue weighted by Gasteiger charge is 2.45. The number of carbonyl (C=O) groups excluding carboxylic acids is 1. The average Bonchev–Trinajstić information content (AvgIpc) is 2.93. The summed E-state index contributed by atoms with van der Waals surface area (Å²) in [5, 5.41) is 22.4. The molecule has 8 nitrogen and oxygen atoms in total. The lowest BCUT2D eigenvalue weighted by Crippen LogP contribution is -2.42. The number of anilines is 1. The molecule has 0 bridgehead atoms. The smallest absolute Gasteiger partial charge is 0.271 e. The number of rotatable bonds is 6. The molecular formula is C34H33ClN4O4. The van der Waals surface area contributed by atoms with Gasteiger partial charge in [-0.05, 0) is 67.5 Å². The molecule has 2 aliphatic rings. The standard InChI is InChI=1S/C34H33ClN4O4/c1-19-6-9-24(10-7-19)43-18-22-12-20(2)13-25(21(22)3)31-26(17-36)33(37)38(28-14-23(39(41)42)8-11-27(28)35)29-15-34(4,5)16-30(40)32(29)31/h6-14,31H,15-16,18,37H2,1-5H3. The summed E-state index contributed by atoms with van der Waals surface area (Å²) in [6.07, 6.45) is 0.739. The van der Waals surface area contributed by atoms with E-state index in [9.17, 15) is 20.2 Å². The Morgan fingerprint density at radius 3 is 2.44 bits per heavy atom. The zero-order valence-corrected chi connectivity index (χ0v) is 25.6. The van der Waals surface area contributed by atoms with E-state index in [-0.39, 0.29) is 40.0 Å². The Morgan fingerprint density at radius 1 is 1.09 bits per heavy atom. The number of nitriles is 1. The SMILES string of the molecule is Cc1ccc(OCc2cc(C)cc(C3C(C#N)=C(N)N(c4cc([N+](=O)[O-])ccc4Cl)C4=C3C(=O)CC(C)(C)C4)c2C)cc1. The number of halogens is 1. The molecule has 0 saturated carbocycles. The molecule has 0 radical (unpaired) electrons. The number of nitrogens with zero attached hydrogens (tertiary/aromatic N) is 3. The number of hydrogen-bond acceptors (Lipinski definition) is 7. The van der Waals surface area contributed by atoms with Crippen LogP contribution in [0.3, 0.4) is 0 Å². The second-order valence-electron chi connectivity index (χ2n) is 12.1. The molecule has 1 heterocycles. The molecule has 0 spiro atoms. The number of benzene rings is 3. The maximum Gasteiger partial charge on any atom is 0.271 e. The van der Waals surface area contributed by atoms with Crippen molar-refractivity contribution < 1.29 is 14.5 Å². The van der Waals surface area contributed by atoms with E-state index in [4.69, 9.17) is 22.1 Å². The van der Waals surface area contributed by atoms with Crippen LogP contribution in [0.4, 0.5) is 11.4 Å². The second kappa shape index (κ2) is 11.2. The number of ketones is 1. The van der Waals surface area contributed by atoms with E-state index >= 15 is 0 Å². The minimum absolute atomic E-state index is 0.0949. The lowest BCUT2D eigenvalue weighted by atomic mass is 9.68. The Hall–Kier alpha value is -4.61. The Labute approximate surface area is 256 Å². The van der Waals surface area contributed by atoms with Crippen LogP contribution in [-0.2, 0) is 11.4 Å². The first kappa shape index (κ1) is 29.9. The Kier molecular flexibility index (Phi) is 7.80. The first-order chi connectivity index (χ1) is 20.3. The summed E-state index contributed by atoms with van der Waals surface area (Å²) in [5.74, 6) is 0.0287. The lowest BCUT2D eigenvalue weighted by molar-refractivity contribution is -0.384. The maximum atomic E-state index is 14.0. The molecule has 1 aliphatic carbocycles. The number of carbonyl (C=O) groups is 1. The van der Waals surface area contributed by atoms with Crippen LogP contribution in [0.25, 0.3) is 0 Å². The van der Waals surface area contributed by atoms with Crippen molar-refractivity contribution in [2.75, 3.05) is 4.90 Å². The van der Waals surface area contributed by atoms with E-state index in [0.717, 1.165) is 33.6 Å². The van der Waals surface area contributed by atoms with Gasteiger partial charge >= 0.3 is 0 Å². The van der Waals surface area contributed by atoms with Gasteiger partial charge in [-0.3, -0.25) is 19.8 Å². The molecule has 2 N–H and O–H groups in total. The van der Waals surface area contributed by atoms with Crippen LogP contribution in [0.2, 0.25) is 5.02 Å². The Morgan fingerprint density at radius 2 is 1.79 bits per heavy atom. The van der Waals surface area contributed by atoms with Gasteiger partial charge in [-0.2, -0.15) is 5.26 Å². The third-order valence-electron chi connectivity index (χ3n) is 8.19. The lowest BCUT2D eigenvalue weighted by Gasteiger charge is -2.44. The first-order valence-corrected chi connectivity index (χ1v) is 14.4. The molecule has 0 fully saturated rings. The van der Waals surface area contributed by atoms with Crippen LogP contribution < -0.4 is 15.4 Å². The molecule has 220 valence electrons. The highest BCUT2D eigenvalue weighted by molar-refractivity contribution is 6.33. The van der Waals surface area contributed by atoms with Crippen molar-refractivity contribution in [2.24, 2.45) is 11.1 Å². The van der Waals surface area contributed by atoms with Crippen LogP contribution >= 0.6 is 11.6 Å². The number of ether oxygens (including phenoxy) is 1. The van der Waals surface area contributed by atoms with Crippen molar-refractivity contribution in [2.45, 2.75) is 60.0 Å². The quantitative estimate of drug-likeness (QED) is 0.228. The molecule has 3 aromatic carbocycles. The van der Waals surface area contributed by atoms with E-state index < -0.39 is 16.3 Å². The van der Waals surface area contributed by atoms with Gasteiger partial charge in [0.15, 0.2) is 5.78 Å². The van der Waals surface area contributed by atoms with Gasteiger partial charge in [0.05, 0.1) is 33.2 Å². The van der Waals surface area contributed by atoms with Crippen LogP contribution in [0, 0.1) is 47.6 Å². The van der Waals surface area contributed by atoms with Crippen LogP contribution in [0.15, 0.2) is 77.3 Å². The van der Waals surface area contributed by atoms with Crippen LogP contribution in [-0.4, -0.2) is 10.7 Å². The van der Waals surface area contributed by atoms with Gasteiger partial charge < -0.3 is 10.5 Å². The molecule has 0 saturated heterocycles. The number of allylic oxidation sites excluding steroid dienone is 3. The number of non-ortho nitro benzene ring substituents is 1. The largest absolute Gasteiger partial charge is 0.489 e. The van der Waals surface area contributed by atoms with Crippen molar-refractivity contribution >= 4 is 28.8 Å². The summed E-state index contributed by atoms with van der Waals surface area (Å²) in [7, 11) is 0. The molecular weight excluding hydrogens is 564 g/mol. The molecule has 9 heteroatoms. The second-order valence-corrected chi connectivity index (χ2v) is 12.5. The highest BCUT2D eigenvalue weighted by Crippen LogP contribution is 2.52. The van der Waals surface area contributed by atoms with Gasteiger partial charge in [0.1, 0.15) is 18.2 Å². The van der Waals surface area contributed by atoms with Crippen molar-refractivity contribution in [1.29, 1.82) is 5.26 Å². The number of Topliss-reactive ketones (excluding diaryl/α,β-unsaturated/α-hetero) is 1. The van der Waals surface area contributed by atoms with Crippen molar-refractivity contribution in [3.05, 3.63) is 120 Å². The molecule has 3 aromatic rings. The summed E-state index contributed by atoms with van der Waals surface area (Å²) in [6.45, 7) is 10.2. The zero-order valence-electron chi connectivity index (χ0n) is 24.8. The van der Waals surface area contributed by atoms with E-state index in [1.54, 1.807) is 4.90 Å². The fraction of sp³-hybridized carbons (Fsp3) is 0.294. The molecule has 43 heavy (non-hydrogen) atoms. The summed E-state index contributed by atoms with van der Waals surface area (Å²) >= 11 is 6.60. The van der Waals surface area contributed by atoms with E-state index in [1.165, 1.54) is 18.2 Å². The number of nitro groups is 1. The molecule has 0 amide bonds. The topological polar surface area (TPSA) is 122 Å². The summed E-state index contributed by atoms with van der Waals surface area (Å²) in [5.41, 5.74) is 12.4. The molecule has 1 unspecified atom stereocenters. The van der Waals surface area contributed by atoms with Crippen molar-refractivity contribution in [3.63, 3.8) is 0 Å². The minimum Gasteiger partial charge on any atom is -0.489 e. The number of aryl methyl sites for hydroxylation is 2. The predicted molar refractivity (Wildman–Crippen MR) is 167 cm³/mol. The van der Waals surface area contributed by atoms with E-state index in [0.29, 0.717) is 24.3 Å². The van der Waals surface area contributed by atoms with Gasteiger partial charge in [0.2, 0.25) is 0 Å². The van der Waals surface area contributed by atoms with Crippen LogP contribution in [0.5, 0.6) is 5.75 Å². The first-order valence-electron chi connectivity index (χ1n) is 14.0. The Balaban J connectivity index is 1.70. The highest BCUT2D eigenvalue weighted by atomic mass is 35.5. The predicted octanol–water partition coefficient (Wildman–Crippen LogP) is 7.69. The fourth-order valence-electron chi connectivity index (χ4n) is 6.09. The summed E-state index contributed by atoms with van der Waals surface area (Å²) in [6, 6.07) is 18.2. The molecule has 1 aliphatic heterocycles. The molecule has 1 atom stereocenters. The minimum atomic E-state index is -0.713. The van der Waals surface area contributed by atoms with Crippen LogP contribution in [0.1, 0.15) is 60.4 Å². The van der Waals surface area contributed by atoms with Gasteiger partial charge in [0.25, 0.3) is 5.69 Å². The number of nitrogens with two attached hydrogens (primary N) is 1. The van der Waals surface area contributed by atoms with Gasteiger partial charge in [-0.1, -0.05) is 60.8 Å². The van der Waals surface area contributed by atoms with Gasteiger partial charge in [0, 0.05) is 29.8 Å². The van der Waals surface area contributed by atoms with Gasteiger partial charge in [-0.25, -0.2) is 0 Å². The monoisotopic (exact) mass is 596 g/mol. The third kappa shape index (κ3) is 5.61. The number of nitro benzene ring substituents is 1. The summed E-state index contributed by atoms with van der Waals surface area (Å²) in [4.78, 5) is 26.7. The molecule has 0 aromatic heterocycles. The van der Waals surface area contributed by atoms with Gasteiger partial charge in [-0.15, -0.1) is 0 Å². The average molecular weight is 597 g/mol. The van der Waals surface area contributed by atoms with Crippen molar-refractivity contribution in [1.82, 2.24) is 0 Å². The Bertz CT molecular complexity index is 1770. The normalized spacial score (nSPS) is 17.9.